The van der Waals surface area contributed by atoms with Crippen LogP contribution in [0.25, 0.3) is 11.4 Å². The lowest BCUT2D eigenvalue weighted by Crippen LogP contribution is -2.31. The quantitative estimate of drug-likeness (QED) is 0.740. The average molecular weight is 339 g/mol. The fourth-order valence-electron chi connectivity index (χ4n) is 1.75. The van der Waals surface area contributed by atoms with Crippen molar-refractivity contribution in [2.45, 2.75) is 19.4 Å². The minimum Gasteiger partial charge on any atom is -0.345 e. The molecule has 0 aromatic carbocycles. The minimum absolute atomic E-state index is 0.0166. The maximum Gasteiger partial charge on any atom is 0.249 e. The van der Waals surface area contributed by atoms with Crippen LogP contribution < -0.4 is 10.0 Å². The van der Waals surface area contributed by atoms with Gasteiger partial charge < -0.3 is 9.84 Å². The van der Waals surface area contributed by atoms with E-state index in [0.717, 1.165) is 11.8 Å². The molecule has 2 rings (SSSR count). The highest BCUT2D eigenvalue weighted by molar-refractivity contribution is 7.88. The summed E-state index contributed by atoms with van der Waals surface area (Å²) >= 11 is 0. The third kappa shape index (κ3) is 5.42. The zero-order chi connectivity index (χ0) is 16.9. The molecule has 23 heavy (non-hydrogen) atoms. The molecule has 0 radical (unpaired) electrons. The van der Waals surface area contributed by atoms with E-state index >= 15 is 0 Å². The zero-order valence-corrected chi connectivity index (χ0v) is 13.5. The van der Waals surface area contributed by atoms with Crippen molar-refractivity contribution >= 4 is 15.9 Å². The molecule has 0 saturated heterocycles. The number of hydrogen-bond donors (Lipinski definition) is 2. The highest BCUT2D eigenvalue weighted by atomic mass is 32.2. The van der Waals surface area contributed by atoms with Crippen molar-refractivity contribution < 1.29 is 17.7 Å². The van der Waals surface area contributed by atoms with Crippen LogP contribution in [0.4, 0.5) is 0 Å². The van der Waals surface area contributed by atoms with E-state index in [4.69, 9.17) is 4.52 Å². The first-order valence-corrected chi connectivity index (χ1v) is 8.72. The van der Waals surface area contributed by atoms with Crippen LogP contribution in [0.2, 0.25) is 0 Å². The average Bonchev–Trinajstić information content (AvgIpc) is 2.96. The summed E-state index contributed by atoms with van der Waals surface area (Å²) < 4.78 is 29.2. The third-order valence-electron chi connectivity index (χ3n) is 2.84. The first-order valence-electron chi connectivity index (χ1n) is 6.83. The van der Waals surface area contributed by atoms with E-state index in [9.17, 15) is 13.2 Å². The second-order valence-corrected chi connectivity index (χ2v) is 6.73. The van der Waals surface area contributed by atoms with Gasteiger partial charge in [-0.15, -0.1) is 0 Å². The summed E-state index contributed by atoms with van der Waals surface area (Å²) in [6.45, 7) is 1.73. The van der Waals surface area contributed by atoms with Crippen LogP contribution in [-0.2, 0) is 14.8 Å². The molecule has 0 unspecified atom stereocenters. The van der Waals surface area contributed by atoms with Crippen molar-refractivity contribution in [3.8, 4) is 11.4 Å². The SMILES string of the molecule is C[C@H](NC(=O)CCNS(C)(=O)=O)c1nc(-c2ccncc2)no1. The molecule has 10 heteroatoms. The molecule has 124 valence electrons. The molecule has 2 aromatic rings. The van der Waals surface area contributed by atoms with Gasteiger partial charge in [-0.1, -0.05) is 5.16 Å². The van der Waals surface area contributed by atoms with Crippen LogP contribution in [0.1, 0.15) is 25.3 Å². The summed E-state index contributed by atoms with van der Waals surface area (Å²) in [5, 5.41) is 6.52. The number of rotatable bonds is 7. The number of aromatic nitrogens is 3. The molecule has 9 nitrogen and oxygen atoms in total. The molecule has 0 fully saturated rings. The van der Waals surface area contributed by atoms with E-state index < -0.39 is 16.1 Å². The van der Waals surface area contributed by atoms with E-state index in [1.807, 2.05) is 0 Å². The summed E-state index contributed by atoms with van der Waals surface area (Å²) in [6.07, 6.45) is 4.28. The molecular formula is C13H17N5O4S. The van der Waals surface area contributed by atoms with Crippen molar-refractivity contribution in [3.63, 3.8) is 0 Å². The van der Waals surface area contributed by atoms with Crippen LogP contribution in [0.15, 0.2) is 29.0 Å². The maximum atomic E-state index is 11.7. The molecule has 1 atom stereocenters. The van der Waals surface area contributed by atoms with Crippen LogP contribution in [-0.4, -0.2) is 42.3 Å². The van der Waals surface area contributed by atoms with E-state index in [2.05, 4.69) is 25.2 Å². The van der Waals surface area contributed by atoms with Crippen molar-refractivity contribution in [1.29, 1.82) is 0 Å². The fourth-order valence-corrected chi connectivity index (χ4v) is 2.23. The van der Waals surface area contributed by atoms with E-state index in [1.54, 1.807) is 31.5 Å². The normalized spacial score (nSPS) is 12.8. The van der Waals surface area contributed by atoms with Gasteiger partial charge in [-0.05, 0) is 19.1 Å². The Bertz CT molecular complexity index is 760. The molecule has 0 spiro atoms. The van der Waals surface area contributed by atoms with Gasteiger partial charge >= 0.3 is 0 Å². The second kappa shape index (κ2) is 7.29. The molecule has 2 N–H and O–H groups in total. The molecule has 2 aromatic heterocycles. The van der Waals surface area contributed by atoms with Gasteiger partial charge in [0.1, 0.15) is 6.04 Å². The molecule has 1 amide bonds. The second-order valence-electron chi connectivity index (χ2n) is 4.90. The van der Waals surface area contributed by atoms with Gasteiger partial charge in [0, 0.05) is 30.9 Å². The maximum absolute atomic E-state index is 11.7. The topological polar surface area (TPSA) is 127 Å². The van der Waals surface area contributed by atoms with Gasteiger partial charge in [-0.2, -0.15) is 4.98 Å². The Morgan fingerprint density at radius 3 is 2.70 bits per heavy atom. The highest BCUT2D eigenvalue weighted by Gasteiger charge is 2.17. The monoisotopic (exact) mass is 339 g/mol. The van der Waals surface area contributed by atoms with Gasteiger partial charge in [0.05, 0.1) is 6.26 Å². The fraction of sp³-hybridized carbons (Fsp3) is 0.385. The summed E-state index contributed by atoms with van der Waals surface area (Å²) in [5.41, 5.74) is 0.755. The molecule has 0 aliphatic rings. The predicted octanol–water partition coefficient (Wildman–Crippen LogP) is 0.248. The molecule has 2 heterocycles. The first kappa shape index (κ1) is 17.0. The zero-order valence-electron chi connectivity index (χ0n) is 12.7. The number of carbonyl (C=O) groups is 1. The number of amides is 1. The number of hydrogen-bond acceptors (Lipinski definition) is 7. The standard InChI is InChI=1S/C13H17N5O4S/c1-9(16-11(19)5-8-15-23(2,20)21)13-17-12(18-22-13)10-3-6-14-7-4-10/h3-4,6-7,9,15H,5,8H2,1-2H3,(H,16,19)/t9-/m0/s1. The highest BCUT2D eigenvalue weighted by Crippen LogP contribution is 2.17. The van der Waals surface area contributed by atoms with Crippen molar-refractivity contribution in [1.82, 2.24) is 25.2 Å². The van der Waals surface area contributed by atoms with Gasteiger partial charge in [0.15, 0.2) is 0 Å². The summed E-state index contributed by atoms with van der Waals surface area (Å²) in [5.74, 6) is 0.348. The van der Waals surface area contributed by atoms with Crippen LogP contribution >= 0.6 is 0 Å². The number of pyridine rings is 1. The summed E-state index contributed by atoms with van der Waals surface area (Å²) in [4.78, 5) is 19.9. The first-order chi connectivity index (χ1) is 10.8. The Kier molecular flexibility index (Phi) is 5.40. The van der Waals surface area contributed by atoms with Crippen LogP contribution in [0.3, 0.4) is 0 Å². The Hall–Kier alpha value is -2.33. The summed E-state index contributed by atoms with van der Waals surface area (Å²) in [6, 6.07) is 3.01. The van der Waals surface area contributed by atoms with Gasteiger partial charge in [-0.3, -0.25) is 9.78 Å². The van der Waals surface area contributed by atoms with Crippen molar-refractivity contribution in [3.05, 3.63) is 30.4 Å². The molecule has 0 bridgehead atoms. The lowest BCUT2D eigenvalue weighted by molar-refractivity contribution is -0.121. The predicted molar refractivity (Wildman–Crippen MR) is 81.6 cm³/mol. The van der Waals surface area contributed by atoms with E-state index in [1.165, 1.54) is 0 Å². The van der Waals surface area contributed by atoms with E-state index in [-0.39, 0.29) is 24.8 Å². The lowest BCUT2D eigenvalue weighted by Gasteiger charge is -2.09. The minimum atomic E-state index is -3.30. The number of sulfonamides is 1. The number of nitrogens with one attached hydrogen (secondary N) is 2. The lowest BCUT2D eigenvalue weighted by atomic mass is 10.2. The molecular weight excluding hydrogens is 322 g/mol. The van der Waals surface area contributed by atoms with Gasteiger partial charge in [0.2, 0.25) is 27.6 Å². The van der Waals surface area contributed by atoms with Crippen LogP contribution in [0, 0.1) is 0 Å². The Morgan fingerprint density at radius 2 is 2.04 bits per heavy atom. The smallest absolute Gasteiger partial charge is 0.249 e. The Labute approximate surface area is 133 Å². The summed E-state index contributed by atoms with van der Waals surface area (Å²) in [7, 11) is -3.30. The van der Waals surface area contributed by atoms with Gasteiger partial charge in [0.25, 0.3) is 0 Å². The number of nitrogens with zero attached hydrogens (tertiary/aromatic N) is 3. The van der Waals surface area contributed by atoms with Crippen molar-refractivity contribution in [2.24, 2.45) is 0 Å². The van der Waals surface area contributed by atoms with Gasteiger partial charge in [-0.25, -0.2) is 13.1 Å². The third-order valence-corrected chi connectivity index (χ3v) is 3.57. The van der Waals surface area contributed by atoms with Crippen LogP contribution in [0.5, 0.6) is 0 Å². The Balaban J connectivity index is 1.90. The van der Waals surface area contributed by atoms with E-state index in [0.29, 0.717) is 5.82 Å². The molecule has 0 saturated carbocycles. The van der Waals surface area contributed by atoms with Crippen molar-refractivity contribution in [2.75, 3.05) is 12.8 Å². The Morgan fingerprint density at radius 1 is 1.35 bits per heavy atom. The number of carbonyl (C=O) groups excluding carboxylic acids is 1. The molecule has 0 aliphatic carbocycles. The largest absolute Gasteiger partial charge is 0.345 e. The molecule has 0 aliphatic heterocycles.